The second-order valence-corrected chi connectivity index (χ2v) is 20.3. The number of hydrogen-bond donors (Lipinski definition) is 0. The molecule has 0 unspecified atom stereocenters. The molecule has 5 aromatic rings. The molecule has 272 valence electrons. The SMILES string of the molecule is CC(C)(C)c1[c-]c2c(cc1C(C)(C)C)-c1cc(C(C)(C)C)c(C(C)(C)C)cc1C2.Clc1cccc([C](=[Zr+2])c2cccc3ccccc23)c1.[C-]1=CC=CC1. The van der Waals surface area contributed by atoms with Crippen molar-refractivity contribution < 1.29 is 24.2 Å². The Balaban J connectivity index is 0.000000191. The quantitative estimate of drug-likeness (QED) is 0.153. The normalized spacial score (nSPS) is 13.6. The van der Waals surface area contributed by atoms with Gasteiger partial charge in [-0.2, -0.15) is 23.8 Å². The molecule has 2 aliphatic rings. The Labute approximate surface area is 341 Å². The van der Waals surface area contributed by atoms with E-state index in [9.17, 15) is 0 Å². The van der Waals surface area contributed by atoms with Crippen molar-refractivity contribution >= 4 is 25.6 Å². The van der Waals surface area contributed by atoms with Crippen molar-refractivity contribution in [3.05, 3.63) is 165 Å². The maximum atomic E-state index is 6.09. The number of benzene rings is 5. The van der Waals surface area contributed by atoms with E-state index in [1.54, 1.807) is 0 Å². The van der Waals surface area contributed by atoms with Gasteiger partial charge in [0.1, 0.15) is 0 Å². The van der Waals surface area contributed by atoms with Crippen LogP contribution in [0.15, 0.2) is 103 Å². The fourth-order valence-electron chi connectivity index (χ4n) is 7.21. The van der Waals surface area contributed by atoms with Gasteiger partial charge in [-0.05, 0) is 39.4 Å². The molecule has 0 saturated carbocycles. The Hall–Kier alpha value is -3.12. The van der Waals surface area contributed by atoms with Crippen LogP contribution in [0.25, 0.3) is 21.9 Å². The Morgan fingerprint density at radius 1 is 0.642 bits per heavy atom. The van der Waals surface area contributed by atoms with E-state index < -0.39 is 0 Å². The molecule has 0 aliphatic heterocycles. The van der Waals surface area contributed by atoms with Gasteiger partial charge in [-0.3, -0.25) is 6.08 Å². The molecule has 0 fully saturated rings. The average molecular weight is 797 g/mol. The van der Waals surface area contributed by atoms with Crippen LogP contribution in [-0.2, 0) is 52.3 Å². The molecule has 5 aromatic carbocycles. The minimum atomic E-state index is 0.0968. The molecule has 7 rings (SSSR count). The predicted molar refractivity (Wildman–Crippen MR) is 229 cm³/mol. The molecule has 0 atom stereocenters. The summed E-state index contributed by atoms with van der Waals surface area (Å²) < 4.78 is 1.34. The molecule has 0 N–H and O–H groups in total. The van der Waals surface area contributed by atoms with E-state index >= 15 is 0 Å². The van der Waals surface area contributed by atoms with Crippen LogP contribution in [0.2, 0.25) is 5.02 Å². The van der Waals surface area contributed by atoms with Gasteiger partial charge in [-0.25, -0.2) is 12.2 Å². The van der Waals surface area contributed by atoms with Crippen LogP contribution < -0.4 is 0 Å². The first-order chi connectivity index (χ1) is 24.7. The standard InChI is InChI=1S/C29H41.C17H11Cl.C5H5.Zr/c1-26(2,3)22-14-18-13-19-15-23(27(4,5)6)25(29(10,11)12)17-21(19)20(18)16-24(22)28(7,8)9;18-16-9-3-5-13(12-16)11-15-8-4-7-14-6-1-2-10-17(14)15;1-2-4-5-3-1;/h14,16-17H,13H2,1-12H3;1-10,12H;1-3H,4H2;/q-1;;-1;+2. The molecule has 0 spiro atoms. The molecule has 0 aromatic heterocycles. The second-order valence-electron chi connectivity index (χ2n) is 18.6. The second kappa shape index (κ2) is 15.9. The van der Waals surface area contributed by atoms with Gasteiger partial charge in [0.2, 0.25) is 0 Å². The van der Waals surface area contributed by atoms with Crippen molar-refractivity contribution in [3.63, 3.8) is 0 Å². The largest absolute Gasteiger partial charge is 0.273 e. The van der Waals surface area contributed by atoms with Gasteiger partial charge in [0.15, 0.2) is 0 Å². The minimum absolute atomic E-state index is 0.0968. The van der Waals surface area contributed by atoms with Gasteiger partial charge >= 0.3 is 133 Å². The first-order valence-corrected chi connectivity index (χ1v) is 20.6. The summed E-state index contributed by atoms with van der Waals surface area (Å²) in [6.45, 7) is 28.0. The zero-order valence-electron chi connectivity index (χ0n) is 34.1. The minimum Gasteiger partial charge on any atom is -0.273 e. The van der Waals surface area contributed by atoms with Crippen molar-refractivity contribution in [2.24, 2.45) is 0 Å². The van der Waals surface area contributed by atoms with Gasteiger partial charge in [0.25, 0.3) is 0 Å². The number of fused-ring (bicyclic) bond motifs is 4. The van der Waals surface area contributed by atoms with Crippen LogP contribution >= 0.6 is 11.6 Å². The summed E-state index contributed by atoms with van der Waals surface area (Å²) in [6, 6.07) is 34.4. The smallest absolute Gasteiger partial charge is 0.109 e. The Morgan fingerprint density at radius 2 is 1.25 bits per heavy atom. The van der Waals surface area contributed by atoms with Crippen molar-refractivity contribution in [2.45, 2.75) is 118 Å². The summed E-state index contributed by atoms with van der Waals surface area (Å²) in [6.07, 6.45) is 11.0. The molecule has 0 saturated heterocycles. The topological polar surface area (TPSA) is 0 Å². The summed E-state index contributed by atoms with van der Waals surface area (Å²) in [5.41, 5.74) is 14.5. The number of halogens is 1. The summed E-state index contributed by atoms with van der Waals surface area (Å²) >= 11 is 7.49. The summed E-state index contributed by atoms with van der Waals surface area (Å²) in [5, 5.41) is 3.37. The van der Waals surface area contributed by atoms with Gasteiger partial charge < -0.3 is 0 Å². The maximum absolute atomic E-state index is 6.09. The monoisotopic (exact) mass is 794 g/mol. The maximum Gasteiger partial charge on any atom is -0.109 e. The Morgan fingerprint density at radius 3 is 1.81 bits per heavy atom. The molecule has 2 heteroatoms. The van der Waals surface area contributed by atoms with E-state index in [-0.39, 0.29) is 21.7 Å². The van der Waals surface area contributed by atoms with Crippen molar-refractivity contribution in [3.8, 4) is 11.1 Å². The van der Waals surface area contributed by atoms with E-state index in [1.165, 1.54) is 93.8 Å². The third-order valence-electron chi connectivity index (χ3n) is 9.99. The molecular formula is C51H57ClZr. The fraction of sp³-hybridized carbons (Fsp3) is 0.353. The predicted octanol–water partition coefficient (Wildman–Crippen LogP) is 14.2. The zero-order chi connectivity index (χ0) is 38.9. The first-order valence-electron chi connectivity index (χ1n) is 19.0. The van der Waals surface area contributed by atoms with Crippen LogP contribution in [0.1, 0.15) is 134 Å². The van der Waals surface area contributed by atoms with Gasteiger partial charge in [-0.15, -0.1) is 23.1 Å². The van der Waals surface area contributed by atoms with Crippen molar-refractivity contribution in [2.75, 3.05) is 0 Å². The first kappa shape index (κ1) is 41.1. The van der Waals surface area contributed by atoms with Crippen LogP contribution in [0.3, 0.4) is 0 Å². The average Bonchev–Trinajstić information content (AvgIpc) is 3.77. The number of hydrogen-bond acceptors (Lipinski definition) is 0. The van der Waals surface area contributed by atoms with E-state index in [0.29, 0.717) is 0 Å². The number of rotatable bonds is 2. The molecular weight excluding hydrogens is 739 g/mol. The molecule has 0 radical (unpaired) electrons. The summed E-state index contributed by atoms with van der Waals surface area (Å²) in [4.78, 5) is 0. The Bertz CT molecular complexity index is 2090. The van der Waals surface area contributed by atoms with E-state index in [2.05, 4.69) is 168 Å². The third-order valence-corrected chi connectivity index (χ3v) is 11.6. The van der Waals surface area contributed by atoms with Crippen molar-refractivity contribution in [1.82, 2.24) is 0 Å². The van der Waals surface area contributed by atoms with Crippen LogP contribution in [0.4, 0.5) is 0 Å². The van der Waals surface area contributed by atoms with Crippen LogP contribution in [0.5, 0.6) is 0 Å². The molecule has 0 nitrogen and oxygen atoms in total. The molecule has 0 bridgehead atoms. The molecule has 2 aliphatic carbocycles. The van der Waals surface area contributed by atoms with Crippen LogP contribution in [0, 0.1) is 12.1 Å². The zero-order valence-corrected chi connectivity index (χ0v) is 37.3. The third kappa shape index (κ3) is 9.77. The molecule has 0 amide bonds. The van der Waals surface area contributed by atoms with Gasteiger partial charge in [-0.1, -0.05) is 106 Å². The van der Waals surface area contributed by atoms with Gasteiger partial charge in [0.05, 0.1) is 0 Å². The molecule has 53 heavy (non-hydrogen) atoms. The fourth-order valence-corrected chi connectivity index (χ4v) is 8.32. The van der Waals surface area contributed by atoms with E-state index in [1.807, 2.05) is 30.4 Å². The van der Waals surface area contributed by atoms with Crippen molar-refractivity contribution in [1.29, 1.82) is 0 Å². The van der Waals surface area contributed by atoms with Gasteiger partial charge in [0, 0.05) is 0 Å². The van der Waals surface area contributed by atoms with Crippen LogP contribution in [-0.4, -0.2) is 3.21 Å². The summed E-state index contributed by atoms with van der Waals surface area (Å²) in [7, 11) is 0. The molecule has 0 heterocycles. The Kier molecular flexibility index (Phi) is 12.3. The van der Waals surface area contributed by atoms with E-state index in [4.69, 9.17) is 11.6 Å². The van der Waals surface area contributed by atoms with E-state index in [0.717, 1.165) is 17.9 Å². The number of allylic oxidation sites excluding steroid dienone is 4. The summed E-state index contributed by atoms with van der Waals surface area (Å²) in [5.74, 6) is 0.